The Morgan fingerprint density at radius 1 is 1.05 bits per heavy atom. The van der Waals surface area contributed by atoms with Gasteiger partial charge in [-0.15, -0.1) is 0 Å². The Hall–Kier alpha value is -0.610. The molecular formula is C15H34N2O2+2. The molecule has 0 amide bonds. The quantitative estimate of drug-likeness (QED) is 0.474. The lowest BCUT2D eigenvalue weighted by atomic mass is 10.2. The highest BCUT2D eigenvalue weighted by Crippen LogP contribution is 2.09. The van der Waals surface area contributed by atoms with Crippen molar-refractivity contribution in [3.8, 4) is 0 Å². The topological polar surface area (TPSA) is 26.3 Å². The summed E-state index contributed by atoms with van der Waals surface area (Å²) in [5, 5.41) is 0. The SMILES string of the molecule is CCC(COC(=O)CC[N+](C)(CC)CC)[N+](C)(C)C. The standard InChI is InChI=1S/C15H34N2O2/c1-8-14(16(4,5)6)13-19-15(18)11-12-17(7,9-2)10-3/h14H,8-13H2,1-7H3/q+2. The fourth-order valence-electron chi connectivity index (χ4n) is 2.05. The van der Waals surface area contributed by atoms with Gasteiger partial charge in [0.2, 0.25) is 0 Å². The van der Waals surface area contributed by atoms with Crippen LogP contribution < -0.4 is 0 Å². The Bertz CT molecular complexity index is 268. The monoisotopic (exact) mass is 274 g/mol. The average molecular weight is 274 g/mol. The number of nitrogens with zero attached hydrogens (tertiary/aromatic N) is 2. The molecule has 0 bridgehead atoms. The molecule has 0 aromatic heterocycles. The van der Waals surface area contributed by atoms with Gasteiger partial charge in [-0.3, -0.25) is 4.79 Å². The number of carbonyl (C=O) groups is 1. The summed E-state index contributed by atoms with van der Waals surface area (Å²) in [6.07, 6.45) is 1.54. The molecule has 114 valence electrons. The van der Waals surface area contributed by atoms with Crippen LogP contribution in [-0.4, -0.2) is 75.4 Å². The lowest BCUT2D eigenvalue weighted by Crippen LogP contribution is -2.48. The minimum Gasteiger partial charge on any atom is -0.459 e. The van der Waals surface area contributed by atoms with E-state index in [0.717, 1.165) is 35.0 Å². The summed E-state index contributed by atoms with van der Waals surface area (Å²) in [4.78, 5) is 11.8. The lowest BCUT2D eigenvalue weighted by molar-refractivity contribution is -0.905. The van der Waals surface area contributed by atoms with Crippen LogP contribution in [0.1, 0.15) is 33.6 Å². The molecule has 0 aromatic rings. The van der Waals surface area contributed by atoms with Gasteiger partial charge in [-0.05, 0) is 13.8 Å². The highest BCUT2D eigenvalue weighted by molar-refractivity contribution is 5.69. The second-order valence-corrected chi connectivity index (χ2v) is 6.59. The van der Waals surface area contributed by atoms with Crippen LogP contribution in [0.3, 0.4) is 0 Å². The molecule has 0 aromatic carbocycles. The molecule has 0 radical (unpaired) electrons. The molecule has 0 heterocycles. The minimum atomic E-state index is -0.0573. The van der Waals surface area contributed by atoms with Gasteiger partial charge in [0.1, 0.15) is 12.6 Å². The van der Waals surface area contributed by atoms with Crippen LogP contribution in [0, 0.1) is 0 Å². The number of ether oxygens (including phenoxy) is 1. The van der Waals surface area contributed by atoms with Crippen molar-refractivity contribution in [1.82, 2.24) is 0 Å². The van der Waals surface area contributed by atoms with Crippen LogP contribution in [0.5, 0.6) is 0 Å². The van der Waals surface area contributed by atoms with Gasteiger partial charge >= 0.3 is 5.97 Å². The highest BCUT2D eigenvalue weighted by Gasteiger charge is 2.24. The van der Waals surface area contributed by atoms with Gasteiger partial charge in [-0.2, -0.15) is 0 Å². The van der Waals surface area contributed by atoms with Crippen molar-refractivity contribution in [1.29, 1.82) is 0 Å². The normalized spacial score (nSPS) is 14.3. The third-order valence-electron chi connectivity index (χ3n) is 4.39. The summed E-state index contributed by atoms with van der Waals surface area (Å²) < 4.78 is 7.21. The number of quaternary nitrogens is 2. The molecule has 0 aliphatic carbocycles. The smallest absolute Gasteiger partial charge is 0.311 e. The summed E-state index contributed by atoms with van der Waals surface area (Å²) in [5.74, 6) is -0.0573. The van der Waals surface area contributed by atoms with E-state index >= 15 is 0 Å². The molecule has 0 N–H and O–H groups in total. The van der Waals surface area contributed by atoms with E-state index in [1.807, 2.05) is 0 Å². The van der Waals surface area contributed by atoms with Crippen LogP contribution in [0.15, 0.2) is 0 Å². The van der Waals surface area contributed by atoms with Crippen molar-refractivity contribution in [2.24, 2.45) is 0 Å². The average Bonchev–Trinajstić information content (AvgIpc) is 2.35. The fraction of sp³-hybridized carbons (Fsp3) is 0.933. The predicted molar refractivity (Wildman–Crippen MR) is 79.8 cm³/mol. The predicted octanol–water partition coefficient (Wildman–Crippen LogP) is 1.89. The first-order valence-electron chi connectivity index (χ1n) is 7.48. The van der Waals surface area contributed by atoms with E-state index in [1.165, 1.54) is 0 Å². The Morgan fingerprint density at radius 2 is 1.58 bits per heavy atom. The van der Waals surface area contributed by atoms with Crippen LogP contribution in [0.2, 0.25) is 0 Å². The lowest BCUT2D eigenvalue weighted by Gasteiger charge is -2.33. The largest absolute Gasteiger partial charge is 0.459 e. The second-order valence-electron chi connectivity index (χ2n) is 6.59. The highest BCUT2D eigenvalue weighted by atomic mass is 16.5. The molecule has 1 atom stereocenters. The van der Waals surface area contributed by atoms with Crippen molar-refractivity contribution < 1.29 is 18.5 Å². The maximum Gasteiger partial charge on any atom is 0.311 e. The molecule has 0 rings (SSSR count). The van der Waals surface area contributed by atoms with Gasteiger partial charge in [0.15, 0.2) is 0 Å². The van der Waals surface area contributed by atoms with Crippen molar-refractivity contribution in [2.75, 3.05) is 54.4 Å². The number of hydrogen-bond donors (Lipinski definition) is 0. The third-order valence-corrected chi connectivity index (χ3v) is 4.39. The van der Waals surface area contributed by atoms with Gasteiger partial charge in [0, 0.05) is 6.42 Å². The molecule has 0 fully saturated rings. The van der Waals surface area contributed by atoms with E-state index in [9.17, 15) is 4.79 Å². The molecular weight excluding hydrogens is 240 g/mol. The summed E-state index contributed by atoms with van der Waals surface area (Å²) in [7, 11) is 8.62. The fourth-order valence-corrected chi connectivity index (χ4v) is 2.05. The Kier molecular flexibility index (Phi) is 7.60. The van der Waals surface area contributed by atoms with Crippen LogP contribution >= 0.6 is 0 Å². The van der Waals surface area contributed by atoms with E-state index in [2.05, 4.69) is 49.0 Å². The number of rotatable bonds is 9. The van der Waals surface area contributed by atoms with Crippen molar-refractivity contribution in [3.63, 3.8) is 0 Å². The maximum absolute atomic E-state index is 11.8. The van der Waals surface area contributed by atoms with Gasteiger partial charge in [-0.25, -0.2) is 0 Å². The van der Waals surface area contributed by atoms with Crippen LogP contribution in [0.25, 0.3) is 0 Å². The zero-order chi connectivity index (χ0) is 15.1. The molecule has 0 aliphatic heterocycles. The van der Waals surface area contributed by atoms with Crippen molar-refractivity contribution >= 4 is 5.97 Å². The molecule has 4 nitrogen and oxygen atoms in total. The molecule has 19 heavy (non-hydrogen) atoms. The first-order valence-corrected chi connectivity index (χ1v) is 7.48. The molecule has 0 spiro atoms. The summed E-state index contributed by atoms with van der Waals surface area (Å²) >= 11 is 0. The van der Waals surface area contributed by atoms with E-state index in [1.54, 1.807) is 0 Å². The maximum atomic E-state index is 11.8. The number of hydrogen-bond acceptors (Lipinski definition) is 2. The summed E-state index contributed by atoms with van der Waals surface area (Å²) in [6, 6.07) is 0.377. The van der Waals surface area contributed by atoms with E-state index < -0.39 is 0 Å². The van der Waals surface area contributed by atoms with Gasteiger partial charge in [0.05, 0.1) is 54.2 Å². The zero-order valence-corrected chi connectivity index (χ0v) is 14.0. The minimum absolute atomic E-state index is 0.0573. The second kappa shape index (κ2) is 7.85. The summed E-state index contributed by atoms with van der Waals surface area (Å²) in [5.41, 5.74) is 0. The molecule has 4 heteroatoms. The number of esters is 1. The molecule has 1 unspecified atom stereocenters. The zero-order valence-electron chi connectivity index (χ0n) is 14.0. The Morgan fingerprint density at radius 3 is 1.95 bits per heavy atom. The molecule has 0 saturated heterocycles. The van der Waals surface area contributed by atoms with Gasteiger partial charge < -0.3 is 13.7 Å². The van der Waals surface area contributed by atoms with Crippen molar-refractivity contribution in [2.45, 2.75) is 39.7 Å². The van der Waals surface area contributed by atoms with E-state index in [4.69, 9.17) is 4.74 Å². The summed E-state index contributed by atoms with van der Waals surface area (Å²) in [6.45, 7) is 9.98. The van der Waals surface area contributed by atoms with Crippen LogP contribution in [0.4, 0.5) is 0 Å². The first kappa shape index (κ1) is 18.4. The van der Waals surface area contributed by atoms with Crippen LogP contribution in [-0.2, 0) is 9.53 Å². The Balaban J connectivity index is 4.13. The van der Waals surface area contributed by atoms with Gasteiger partial charge in [0.25, 0.3) is 0 Å². The van der Waals surface area contributed by atoms with Gasteiger partial charge in [-0.1, -0.05) is 6.92 Å². The number of likely N-dealkylation sites (N-methyl/N-ethyl adjacent to an activating group) is 1. The van der Waals surface area contributed by atoms with E-state index in [-0.39, 0.29) is 5.97 Å². The first-order chi connectivity index (χ1) is 8.68. The third kappa shape index (κ3) is 6.92. The number of carbonyl (C=O) groups excluding carboxylic acids is 1. The van der Waals surface area contributed by atoms with E-state index in [0.29, 0.717) is 19.1 Å². The van der Waals surface area contributed by atoms with Crippen molar-refractivity contribution in [3.05, 3.63) is 0 Å². The Labute approximate surface area is 119 Å². The molecule has 0 aliphatic rings. The molecule has 0 saturated carbocycles.